The van der Waals surface area contributed by atoms with E-state index in [1.165, 1.54) is 0 Å². The van der Waals surface area contributed by atoms with Crippen molar-refractivity contribution in [3.63, 3.8) is 0 Å². The number of rotatable bonds is 2. The van der Waals surface area contributed by atoms with Gasteiger partial charge in [-0.25, -0.2) is 4.98 Å². The van der Waals surface area contributed by atoms with Gasteiger partial charge >= 0.3 is 0 Å². The molecule has 5 heteroatoms. The molecular formula is C16H13N5. The van der Waals surface area contributed by atoms with Crippen molar-refractivity contribution in [2.45, 2.75) is 0 Å². The van der Waals surface area contributed by atoms with Gasteiger partial charge < -0.3 is 0 Å². The van der Waals surface area contributed by atoms with E-state index in [0.717, 1.165) is 28.2 Å². The molecule has 0 N–H and O–H groups in total. The van der Waals surface area contributed by atoms with Crippen molar-refractivity contribution in [1.29, 1.82) is 0 Å². The highest BCUT2D eigenvalue weighted by Gasteiger charge is 2.09. The van der Waals surface area contributed by atoms with E-state index >= 15 is 0 Å². The van der Waals surface area contributed by atoms with Gasteiger partial charge in [-0.1, -0.05) is 30.3 Å². The predicted molar refractivity (Wildman–Crippen MR) is 80.6 cm³/mol. The lowest BCUT2D eigenvalue weighted by Gasteiger charge is -2.03. The molecule has 5 nitrogen and oxygen atoms in total. The third-order valence-corrected chi connectivity index (χ3v) is 3.47. The Bertz CT molecular complexity index is 905. The smallest absolute Gasteiger partial charge is 0.155 e. The molecule has 0 saturated heterocycles. The molecule has 21 heavy (non-hydrogen) atoms. The Balaban J connectivity index is 1.90. The van der Waals surface area contributed by atoms with Gasteiger partial charge in [-0.3, -0.25) is 14.1 Å². The van der Waals surface area contributed by atoms with Crippen molar-refractivity contribution in [1.82, 2.24) is 24.1 Å². The Kier molecular flexibility index (Phi) is 2.57. The maximum atomic E-state index is 4.49. The van der Waals surface area contributed by atoms with Crippen LogP contribution in [0.5, 0.6) is 0 Å². The number of nitrogens with zero attached hydrogens (tertiary/aromatic N) is 5. The molecule has 0 aliphatic carbocycles. The lowest BCUT2D eigenvalue weighted by atomic mass is 10.2. The Hall–Kier alpha value is -2.95. The highest BCUT2D eigenvalue weighted by atomic mass is 15.2. The molecule has 1 aromatic carbocycles. The van der Waals surface area contributed by atoms with Crippen LogP contribution < -0.4 is 0 Å². The van der Waals surface area contributed by atoms with Crippen LogP contribution in [0.15, 0.2) is 61.3 Å². The molecular weight excluding hydrogens is 262 g/mol. The van der Waals surface area contributed by atoms with Crippen LogP contribution in [0.25, 0.3) is 28.2 Å². The molecule has 3 aromatic heterocycles. The normalized spacial score (nSPS) is 11.1. The second-order valence-corrected chi connectivity index (χ2v) is 4.91. The van der Waals surface area contributed by atoms with Gasteiger partial charge in [0.2, 0.25) is 0 Å². The summed E-state index contributed by atoms with van der Waals surface area (Å²) >= 11 is 0. The lowest BCUT2D eigenvalue weighted by Crippen LogP contribution is -1.92. The Morgan fingerprint density at radius 2 is 1.71 bits per heavy atom. The SMILES string of the molecule is Cn1cc(-c2cnc3cnc(-c4ccccc4)cn23)cn1. The van der Waals surface area contributed by atoms with Gasteiger partial charge in [0.1, 0.15) is 0 Å². The summed E-state index contributed by atoms with van der Waals surface area (Å²) < 4.78 is 3.83. The first-order valence-electron chi connectivity index (χ1n) is 6.69. The van der Waals surface area contributed by atoms with E-state index in [1.54, 1.807) is 10.9 Å². The van der Waals surface area contributed by atoms with Crippen molar-refractivity contribution in [3.05, 3.63) is 61.3 Å². The van der Waals surface area contributed by atoms with Gasteiger partial charge in [-0.05, 0) is 0 Å². The first kappa shape index (κ1) is 11.8. The van der Waals surface area contributed by atoms with Gasteiger partial charge in [0, 0.05) is 30.6 Å². The summed E-state index contributed by atoms with van der Waals surface area (Å²) in [5.74, 6) is 0. The van der Waals surface area contributed by atoms with Gasteiger partial charge in [-0.2, -0.15) is 5.10 Å². The van der Waals surface area contributed by atoms with E-state index in [2.05, 4.69) is 27.2 Å². The quantitative estimate of drug-likeness (QED) is 0.565. The number of benzene rings is 1. The molecule has 0 bridgehead atoms. The van der Waals surface area contributed by atoms with E-state index in [4.69, 9.17) is 0 Å². The zero-order valence-electron chi connectivity index (χ0n) is 11.5. The molecule has 0 unspecified atom stereocenters. The van der Waals surface area contributed by atoms with Crippen LogP contribution >= 0.6 is 0 Å². The van der Waals surface area contributed by atoms with Gasteiger partial charge in [-0.15, -0.1) is 0 Å². The van der Waals surface area contributed by atoms with E-state index < -0.39 is 0 Å². The number of fused-ring (bicyclic) bond motifs is 1. The lowest BCUT2D eigenvalue weighted by molar-refractivity contribution is 0.768. The minimum atomic E-state index is 0.827. The summed E-state index contributed by atoms with van der Waals surface area (Å²) in [5.41, 5.74) is 4.89. The zero-order valence-corrected chi connectivity index (χ0v) is 11.5. The fraction of sp³-hybridized carbons (Fsp3) is 0.0625. The van der Waals surface area contributed by atoms with E-state index in [1.807, 2.05) is 54.4 Å². The van der Waals surface area contributed by atoms with Crippen molar-refractivity contribution in [2.75, 3.05) is 0 Å². The van der Waals surface area contributed by atoms with Crippen LogP contribution in [-0.2, 0) is 7.05 Å². The monoisotopic (exact) mass is 275 g/mol. The maximum absolute atomic E-state index is 4.49. The Morgan fingerprint density at radius 3 is 2.48 bits per heavy atom. The molecule has 102 valence electrons. The number of hydrogen-bond donors (Lipinski definition) is 0. The summed E-state index contributed by atoms with van der Waals surface area (Å²) in [6, 6.07) is 10.1. The standard InChI is InChI=1S/C16H13N5/c1-20-10-13(7-19-20)15-8-18-16-9-17-14(11-21(15)16)12-5-3-2-4-6-12/h2-11H,1H3. The molecule has 0 spiro atoms. The first-order chi connectivity index (χ1) is 10.3. The fourth-order valence-electron chi connectivity index (χ4n) is 2.41. The molecule has 0 aliphatic heterocycles. The zero-order chi connectivity index (χ0) is 14.2. The second-order valence-electron chi connectivity index (χ2n) is 4.91. The molecule has 3 heterocycles. The molecule has 4 rings (SSSR count). The van der Waals surface area contributed by atoms with Crippen LogP contribution in [0, 0.1) is 0 Å². The predicted octanol–water partition coefficient (Wildman–Crippen LogP) is 2.80. The first-order valence-corrected chi connectivity index (χ1v) is 6.69. The number of aryl methyl sites for hydroxylation is 1. The van der Waals surface area contributed by atoms with Crippen LogP contribution in [0.3, 0.4) is 0 Å². The van der Waals surface area contributed by atoms with E-state index in [-0.39, 0.29) is 0 Å². The van der Waals surface area contributed by atoms with Crippen LogP contribution in [-0.4, -0.2) is 24.1 Å². The fourth-order valence-corrected chi connectivity index (χ4v) is 2.41. The van der Waals surface area contributed by atoms with E-state index in [9.17, 15) is 0 Å². The average molecular weight is 275 g/mol. The second kappa shape index (κ2) is 4.56. The topological polar surface area (TPSA) is 48.0 Å². The van der Waals surface area contributed by atoms with Crippen molar-refractivity contribution in [2.24, 2.45) is 7.05 Å². The number of hydrogen-bond acceptors (Lipinski definition) is 3. The average Bonchev–Trinajstić information content (AvgIpc) is 3.13. The van der Waals surface area contributed by atoms with Crippen molar-refractivity contribution >= 4 is 5.65 Å². The minimum absolute atomic E-state index is 0.827. The van der Waals surface area contributed by atoms with E-state index in [0.29, 0.717) is 0 Å². The molecule has 4 aromatic rings. The van der Waals surface area contributed by atoms with Gasteiger partial charge in [0.25, 0.3) is 0 Å². The molecule has 0 fully saturated rings. The Labute approximate surface area is 121 Å². The summed E-state index contributed by atoms with van der Waals surface area (Å²) in [4.78, 5) is 8.89. The number of imidazole rings is 1. The summed E-state index contributed by atoms with van der Waals surface area (Å²) in [6.45, 7) is 0. The molecule has 0 aliphatic rings. The molecule has 0 amide bonds. The maximum Gasteiger partial charge on any atom is 0.155 e. The molecule has 0 atom stereocenters. The third kappa shape index (κ3) is 1.99. The van der Waals surface area contributed by atoms with Gasteiger partial charge in [0.05, 0.1) is 30.0 Å². The van der Waals surface area contributed by atoms with Gasteiger partial charge in [0.15, 0.2) is 5.65 Å². The van der Waals surface area contributed by atoms with Crippen LogP contribution in [0.1, 0.15) is 0 Å². The highest BCUT2D eigenvalue weighted by molar-refractivity contribution is 5.65. The third-order valence-electron chi connectivity index (χ3n) is 3.47. The Morgan fingerprint density at radius 1 is 0.857 bits per heavy atom. The summed E-state index contributed by atoms with van der Waals surface area (Å²) in [7, 11) is 1.91. The van der Waals surface area contributed by atoms with Crippen LogP contribution in [0.4, 0.5) is 0 Å². The molecule has 0 saturated carbocycles. The summed E-state index contributed by atoms with van der Waals surface area (Å²) in [5, 5.41) is 4.22. The summed E-state index contributed by atoms with van der Waals surface area (Å²) in [6.07, 6.45) is 9.48. The highest BCUT2D eigenvalue weighted by Crippen LogP contribution is 2.22. The van der Waals surface area contributed by atoms with Crippen molar-refractivity contribution < 1.29 is 0 Å². The molecule has 0 radical (unpaired) electrons. The minimum Gasteiger partial charge on any atom is -0.296 e. The number of aromatic nitrogens is 5. The van der Waals surface area contributed by atoms with Crippen molar-refractivity contribution in [3.8, 4) is 22.5 Å². The largest absolute Gasteiger partial charge is 0.296 e. The van der Waals surface area contributed by atoms with Crippen LogP contribution in [0.2, 0.25) is 0 Å².